The summed E-state index contributed by atoms with van der Waals surface area (Å²) < 4.78 is 0. The van der Waals surface area contributed by atoms with Crippen molar-refractivity contribution in [1.29, 1.82) is 0 Å². The van der Waals surface area contributed by atoms with E-state index in [-0.39, 0.29) is 54.2 Å². The molecule has 0 aromatic heterocycles. The van der Waals surface area contributed by atoms with Gasteiger partial charge in [0.15, 0.2) is 0 Å². The summed E-state index contributed by atoms with van der Waals surface area (Å²) in [6.07, 6.45) is 0. The van der Waals surface area contributed by atoms with Crippen LogP contribution in [0.1, 0.15) is 0 Å². The van der Waals surface area contributed by atoms with Crippen molar-refractivity contribution in [3.05, 3.63) is 0 Å². The van der Waals surface area contributed by atoms with Crippen LogP contribution in [0.25, 0.3) is 0 Å². The molecule has 84 valence electrons. The Bertz CT molecular complexity index is 108. The van der Waals surface area contributed by atoms with Crippen molar-refractivity contribution in [2.45, 2.75) is 0 Å². The molecule has 0 rings (SSSR count). The molecular formula is C4H12CaO7S2. The van der Waals surface area contributed by atoms with Gasteiger partial charge in [-0.15, -0.1) is 0 Å². The summed E-state index contributed by atoms with van der Waals surface area (Å²) in [4.78, 5) is 18.8. The third kappa shape index (κ3) is 76.8. The normalized spacial score (nSPS) is 5.29. The van der Waals surface area contributed by atoms with Crippen molar-refractivity contribution in [2.75, 3.05) is 13.2 Å². The number of carbonyl (C=O) groups is 2. The number of rotatable bonds is 2. The fourth-order valence-corrected chi connectivity index (χ4v) is 0. The SMILES string of the molecule is O.O.O.O=C([S-])CO.O=C([S-])CO.[Ca+2]. The van der Waals surface area contributed by atoms with Gasteiger partial charge in [-0.3, -0.25) is 0 Å². The van der Waals surface area contributed by atoms with Crippen molar-refractivity contribution in [3.63, 3.8) is 0 Å². The third-order valence-corrected chi connectivity index (χ3v) is 0.516. The molecule has 10 heteroatoms. The average Bonchev–Trinajstić information content (AvgIpc) is 1.89. The van der Waals surface area contributed by atoms with Gasteiger partial charge in [0.2, 0.25) is 0 Å². The zero-order valence-corrected chi connectivity index (χ0v) is 11.0. The first-order valence-corrected chi connectivity index (χ1v) is 2.97. The number of aliphatic hydroxyl groups excluding tert-OH is 2. The van der Waals surface area contributed by atoms with Gasteiger partial charge in [-0.05, 0) is 0 Å². The summed E-state index contributed by atoms with van der Waals surface area (Å²) in [6, 6.07) is 0. The number of hydrogen-bond acceptors (Lipinski definition) is 6. The summed E-state index contributed by atoms with van der Waals surface area (Å²) in [7, 11) is 0. The zero-order valence-electron chi connectivity index (χ0n) is 7.15. The summed E-state index contributed by atoms with van der Waals surface area (Å²) in [5, 5.41) is 14.2. The van der Waals surface area contributed by atoms with E-state index in [1.54, 1.807) is 0 Å². The van der Waals surface area contributed by atoms with Crippen LogP contribution in [0.2, 0.25) is 0 Å². The summed E-state index contributed by atoms with van der Waals surface area (Å²) in [5.74, 6) is 0. The molecule has 0 aliphatic carbocycles. The minimum Gasteiger partial charge on any atom is -0.740 e. The fraction of sp³-hybridized carbons (Fsp3) is 0.500. The predicted octanol–water partition coefficient (Wildman–Crippen LogP) is -4.75. The molecule has 0 aromatic rings. The molecule has 0 heterocycles. The largest absolute Gasteiger partial charge is 2.00 e. The van der Waals surface area contributed by atoms with E-state index >= 15 is 0 Å². The summed E-state index contributed by atoms with van der Waals surface area (Å²) in [5.41, 5.74) is 0. The smallest absolute Gasteiger partial charge is 0.740 e. The first-order valence-electron chi connectivity index (χ1n) is 2.16. The molecule has 0 aromatic carbocycles. The second-order valence-electron chi connectivity index (χ2n) is 1.06. The molecule has 0 fully saturated rings. The van der Waals surface area contributed by atoms with Gasteiger partial charge in [0, 0.05) is 10.2 Å². The van der Waals surface area contributed by atoms with E-state index in [9.17, 15) is 9.59 Å². The van der Waals surface area contributed by atoms with Gasteiger partial charge in [-0.25, -0.2) is 0 Å². The van der Waals surface area contributed by atoms with E-state index in [2.05, 4.69) is 25.3 Å². The van der Waals surface area contributed by atoms with E-state index in [1.165, 1.54) is 0 Å². The Morgan fingerprint density at radius 3 is 0.929 bits per heavy atom. The van der Waals surface area contributed by atoms with E-state index in [0.29, 0.717) is 0 Å². The maximum absolute atomic E-state index is 9.38. The standard InChI is InChI=1S/2C2H4O2S.Ca.3H2O/c2*3-1-2(4)5;;;;/h2*3H,1H2,(H,4,5);;3*1H2/q;;+2;;;/p-2. The van der Waals surface area contributed by atoms with Crippen LogP contribution < -0.4 is 0 Å². The molecule has 7 nitrogen and oxygen atoms in total. The van der Waals surface area contributed by atoms with Gasteiger partial charge in [0.05, 0.1) is 13.2 Å². The van der Waals surface area contributed by atoms with Crippen molar-refractivity contribution in [1.82, 2.24) is 0 Å². The Hall–Kier alpha value is 0.840. The van der Waals surface area contributed by atoms with Gasteiger partial charge in [-0.2, -0.15) is 0 Å². The molecule has 0 atom stereocenters. The third-order valence-electron chi connectivity index (χ3n) is 0.258. The summed E-state index contributed by atoms with van der Waals surface area (Å²) in [6.45, 7) is -1.04. The predicted molar refractivity (Wildman–Crippen MR) is 55.5 cm³/mol. The molecule has 0 aliphatic heterocycles. The molecule has 0 spiro atoms. The van der Waals surface area contributed by atoms with Gasteiger partial charge in [-0.1, -0.05) is 0 Å². The first-order chi connectivity index (χ1) is 4.54. The molecule has 0 aliphatic rings. The van der Waals surface area contributed by atoms with Crippen molar-refractivity contribution in [2.24, 2.45) is 0 Å². The van der Waals surface area contributed by atoms with Crippen LogP contribution in [0, 0.1) is 0 Å². The van der Waals surface area contributed by atoms with Gasteiger partial charge in [0.25, 0.3) is 0 Å². The number of hydrogen-bond donors (Lipinski definition) is 2. The molecule has 0 saturated carbocycles. The molecular weight excluding hydrogens is 264 g/mol. The second kappa shape index (κ2) is 29.2. The van der Waals surface area contributed by atoms with Gasteiger partial charge in [0.1, 0.15) is 0 Å². The second-order valence-corrected chi connectivity index (χ2v) is 1.97. The Morgan fingerprint density at radius 2 is 0.929 bits per heavy atom. The summed E-state index contributed by atoms with van der Waals surface area (Å²) >= 11 is 7.78. The van der Waals surface area contributed by atoms with Crippen LogP contribution in [0.3, 0.4) is 0 Å². The van der Waals surface area contributed by atoms with Gasteiger partial charge >= 0.3 is 37.7 Å². The quantitative estimate of drug-likeness (QED) is 0.379. The molecule has 0 radical (unpaired) electrons. The maximum atomic E-state index is 9.38. The maximum Gasteiger partial charge on any atom is 2.00 e. The average molecular weight is 276 g/mol. The van der Waals surface area contributed by atoms with Crippen LogP contribution in [-0.2, 0) is 34.8 Å². The molecule has 0 saturated heterocycles. The molecule has 0 bridgehead atoms. The topological polar surface area (TPSA) is 169 Å². The zero-order chi connectivity index (χ0) is 8.57. The minimum atomic E-state index is -0.606. The van der Waals surface area contributed by atoms with E-state index in [0.717, 1.165) is 0 Å². The van der Waals surface area contributed by atoms with Crippen LogP contribution in [-0.4, -0.2) is 87.8 Å². The van der Waals surface area contributed by atoms with Gasteiger partial charge < -0.3 is 61.5 Å². The van der Waals surface area contributed by atoms with Crippen molar-refractivity contribution < 1.29 is 36.2 Å². The Balaban J connectivity index is -0.0000000178. The van der Waals surface area contributed by atoms with Crippen LogP contribution >= 0.6 is 0 Å². The molecule has 8 N–H and O–H groups in total. The van der Waals surface area contributed by atoms with Crippen molar-refractivity contribution in [3.8, 4) is 0 Å². The van der Waals surface area contributed by atoms with E-state index < -0.39 is 23.4 Å². The Morgan fingerprint density at radius 1 is 0.857 bits per heavy atom. The number of aliphatic hydroxyl groups is 2. The Kier molecular flexibility index (Phi) is 75.9. The minimum absolute atomic E-state index is 0. The number of carbonyl (C=O) groups excluding carboxylic acids is 2. The van der Waals surface area contributed by atoms with E-state index in [4.69, 9.17) is 10.2 Å². The molecule has 0 unspecified atom stereocenters. The van der Waals surface area contributed by atoms with E-state index in [1.807, 2.05) is 0 Å². The first kappa shape index (κ1) is 36.4. The Labute approximate surface area is 122 Å². The van der Waals surface area contributed by atoms with Crippen LogP contribution in [0.15, 0.2) is 0 Å². The molecule has 14 heavy (non-hydrogen) atoms. The van der Waals surface area contributed by atoms with Crippen LogP contribution in [0.4, 0.5) is 0 Å². The monoisotopic (exact) mass is 276 g/mol. The van der Waals surface area contributed by atoms with Crippen LogP contribution in [0.5, 0.6) is 0 Å². The van der Waals surface area contributed by atoms with Crippen molar-refractivity contribution >= 4 is 73.2 Å². The fourth-order valence-electron chi connectivity index (χ4n) is 0. The molecule has 0 amide bonds.